The fourth-order valence-electron chi connectivity index (χ4n) is 4.53. The van der Waals surface area contributed by atoms with Gasteiger partial charge in [0, 0.05) is 17.6 Å². The van der Waals surface area contributed by atoms with E-state index in [1.165, 1.54) is 11.1 Å². The summed E-state index contributed by atoms with van der Waals surface area (Å²) in [6.07, 6.45) is 5.56. The van der Waals surface area contributed by atoms with Gasteiger partial charge in [-0.1, -0.05) is 12.1 Å². The van der Waals surface area contributed by atoms with E-state index in [-0.39, 0.29) is 23.9 Å². The molecule has 1 aromatic rings. The molecule has 0 radical (unpaired) electrons. The average Bonchev–Trinajstić information content (AvgIpc) is 3.19. The molecule has 4 heteroatoms. The molecule has 1 aliphatic carbocycles. The summed E-state index contributed by atoms with van der Waals surface area (Å²) in [4.78, 5) is 26.2. The summed E-state index contributed by atoms with van der Waals surface area (Å²) in [5, 5.41) is 9.32. The van der Waals surface area contributed by atoms with E-state index in [1.54, 1.807) is 0 Å². The van der Waals surface area contributed by atoms with Crippen molar-refractivity contribution >= 4 is 11.9 Å². The highest BCUT2D eigenvalue weighted by molar-refractivity contribution is 5.97. The number of fused-ring (bicyclic) bond motifs is 3. The number of carboxylic acid groups (broad SMARTS) is 1. The Hall–Kier alpha value is -1.84. The normalized spacial score (nSPS) is 29.7. The van der Waals surface area contributed by atoms with Crippen LogP contribution in [0, 0.1) is 5.92 Å². The summed E-state index contributed by atoms with van der Waals surface area (Å²) in [6.45, 7) is 0. The summed E-state index contributed by atoms with van der Waals surface area (Å²) in [7, 11) is 0. The van der Waals surface area contributed by atoms with Crippen LogP contribution in [-0.2, 0) is 17.6 Å². The summed E-state index contributed by atoms with van der Waals surface area (Å²) >= 11 is 0. The molecule has 3 unspecified atom stereocenters. The van der Waals surface area contributed by atoms with Crippen LogP contribution in [0.25, 0.3) is 0 Å². The van der Waals surface area contributed by atoms with Crippen LogP contribution in [0.5, 0.6) is 0 Å². The SMILES string of the molecule is O=C(O)C1CC2CCC1N2C(=O)c1cccc2c1CCC2. The highest BCUT2D eigenvalue weighted by Gasteiger charge is 2.51. The van der Waals surface area contributed by atoms with E-state index in [0.717, 1.165) is 37.7 Å². The van der Waals surface area contributed by atoms with Crippen LogP contribution in [0.3, 0.4) is 0 Å². The summed E-state index contributed by atoms with van der Waals surface area (Å²) < 4.78 is 0. The Morgan fingerprint density at radius 1 is 1.19 bits per heavy atom. The number of aliphatic carboxylic acids is 1. The number of nitrogens with zero attached hydrogens (tertiary/aromatic N) is 1. The van der Waals surface area contributed by atoms with Gasteiger partial charge in [0.15, 0.2) is 0 Å². The molecule has 0 aromatic heterocycles. The zero-order valence-corrected chi connectivity index (χ0v) is 11.9. The van der Waals surface area contributed by atoms with Gasteiger partial charge in [-0.25, -0.2) is 0 Å². The zero-order chi connectivity index (χ0) is 14.6. The Morgan fingerprint density at radius 3 is 2.81 bits per heavy atom. The molecule has 1 aromatic carbocycles. The summed E-state index contributed by atoms with van der Waals surface area (Å²) in [5.74, 6) is -1.06. The first-order valence-corrected chi connectivity index (χ1v) is 7.83. The average molecular weight is 285 g/mol. The summed E-state index contributed by atoms with van der Waals surface area (Å²) in [5.41, 5.74) is 3.30. The summed E-state index contributed by atoms with van der Waals surface area (Å²) in [6, 6.07) is 6.01. The largest absolute Gasteiger partial charge is 0.481 e. The van der Waals surface area contributed by atoms with E-state index in [2.05, 4.69) is 6.07 Å². The van der Waals surface area contributed by atoms with Gasteiger partial charge in [-0.05, 0) is 55.7 Å². The lowest BCUT2D eigenvalue weighted by atomic mass is 9.89. The van der Waals surface area contributed by atoms with Crippen LogP contribution in [0.1, 0.15) is 47.2 Å². The van der Waals surface area contributed by atoms with Crippen molar-refractivity contribution in [2.75, 3.05) is 0 Å². The molecule has 4 nitrogen and oxygen atoms in total. The lowest BCUT2D eigenvalue weighted by molar-refractivity contribution is -0.142. The third-order valence-corrected chi connectivity index (χ3v) is 5.46. The Balaban J connectivity index is 1.68. The monoisotopic (exact) mass is 285 g/mol. The minimum atomic E-state index is -0.752. The Morgan fingerprint density at radius 2 is 2.05 bits per heavy atom. The van der Waals surface area contributed by atoms with Crippen molar-refractivity contribution in [2.24, 2.45) is 5.92 Å². The second kappa shape index (κ2) is 4.58. The maximum absolute atomic E-state index is 13.0. The molecule has 4 rings (SSSR count). The van der Waals surface area contributed by atoms with Crippen molar-refractivity contribution in [3.05, 3.63) is 34.9 Å². The number of amides is 1. The molecule has 3 atom stereocenters. The second-order valence-corrected chi connectivity index (χ2v) is 6.49. The highest BCUT2D eigenvalue weighted by Crippen LogP contribution is 2.43. The fourth-order valence-corrected chi connectivity index (χ4v) is 4.53. The number of benzene rings is 1. The highest BCUT2D eigenvalue weighted by atomic mass is 16.4. The first-order valence-electron chi connectivity index (χ1n) is 7.83. The van der Waals surface area contributed by atoms with Gasteiger partial charge < -0.3 is 10.0 Å². The van der Waals surface area contributed by atoms with Crippen LogP contribution in [0.4, 0.5) is 0 Å². The lowest BCUT2D eigenvalue weighted by Crippen LogP contribution is -2.38. The molecule has 2 heterocycles. The van der Waals surface area contributed by atoms with E-state index in [9.17, 15) is 14.7 Å². The second-order valence-electron chi connectivity index (χ2n) is 6.49. The molecular weight excluding hydrogens is 266 g/mol. The number of aryl methyl sites for hydroxylation is 1. The van der Waals surface area contributed by atoms with Crippen molar-refractivity contribution in [1.29, 1.82) is 0 Å². The van der Waals surface area contributed by atoms with E-state index in [1.807, 2.05) is 17.0 Å². The third kappa shape index (κ3) is 1.81. The van der Waals surface area contributed by atoms with Crippen molar-refractivity contribution in [3.8, 4) is 0 Å². The molecule has 2 saturated heterocycles. The number of carbonyl (C=O) groups excluding carboxylic acids is 1. The predicted octanol–water partition coefficient (Wildman–Crippen LogP) is 2.25. The van der Waals surface area contributed by atoms with E-state index in [0.29, 0.717) is 6.42 Å². The van der Waals surface area contributed by atoms with Crippen LogP contribution < -0.4 is 0 Å². The lowest BCUT2D eigenvalue weighted by Gasteiger charge is -2.24. The number of hydrogen-bond donors (Lipinski definition) is 1. The Labute approximate surface area is 123 Å². The van der Waals surface area contributed by atoms with Crippen molar-refractivity contribution < 1.29 is 14.7 Å². The van der Waals surface area contributed by atoms with Gasteiger partial charge in [0.2, 0.25) is 0 Å². The molecule has 3 aliphatic rings. The molecule has 2 aliphatic heterocycles. The molecule has 0 saturated carbocycles. The van der Waals surface area contributed by atoms with Gasteiger partial charge in [-0.2, -0.15) is 0 Å². The predicted molar refractivity (Wildman–Crippen MR) is 77.2 cm³/mol. The Bertz CT molecular complexity index is 624. The Kier molecular flexibility index (Phi) is 2.81. The molecule has 2 bridgehead atoms. The third-order valence-electron chi connectivity index (χ3n) is 5.46. The first-order chi connectivity index (χ1) is 10.2. The quantitative estimate of drug-likeness (QED) is 0.906. The fraction of sp³-hybridized carbons (Fsp3) is 0.529. The van der Waals surface area contributed by atoms with Crippen molar-refractivity contribution in [1.82, 2.24) is 4.90 Å². The van der Waals surface area contributed by atoms with Gasteiger partial charge in [0.05, 0.1) is 5.92 Å². The molecule has 110 valence electrons. The molecule has 21 heavy (non-hydrogen) atoms. The van der Waals surface area contributed by atoms with E-state index < -0.39 is 5.97 Å². The molecule has 1 amide bonds. The van der Waals surface area contributed by atoms with Crippen molar-refractivity contribution in [3.63, 3.8) is 0 Å². The number of hydrogen-bond acceptors (Lipinski definition) is 2. The first kappa shape index (κ1) is 12.9. The van der Waals surface area contributed by atoms with Crippen LogP contribution in [0.15, 0.2) is 18.2 Å². The topological polar surface area (TPSA) is 57.6 Å². The van der Waals surface area contributed by atoms with Gasteiger partial charge in [0.25, 0.3) is 5.91 Å². The number of rotatable bonds is 2. The minimum absolute atomic E-state index is 0.0602. The zero-order valence-electron chi connectivity index (χ0n) is 11.9. The number of carboxylic acids is 1. The smallest absolute Gasteiger partial charge is 0.308 e. The molecule has 2 fully saturated rings. The number of carbonyl (C=O) groups is 2. The van der Waals surface area contributed by atoms with E-state index >= 15 is 0 Å². The van der Waals surface area contributed by atoms with Crippen LogP contribution >= 0.6 is 0 Å². The minimum Gasteiger partial charge on any atom is -0.481 e. The van der Waals surface area contributed by atoms with E-state index in [4.69, 9.17) is 0 Å². The van der Waals surface area contributed by atoms with Gasteiger partial charge in [-0.15, -0.1) is 0 Å². The molecular formula is C17H19NO3. The van der Waals surface area contributed by atoms with Crippen LogP contribution in [0.2, 0.25) is 0 Å². The maximum Gasteiger partial charge on any atom is 0.308 e. The van der Waals surface area contributed by atoms with Gasteiger partial charge in [0.1, 0.15) is 0 Å². The maximum atomic E-state index is 13.0. The van der Waals surface area contributed by atoms with Gasteiger partial charge in [-0.3, -0.25) is 9.59 Å². The molecule has 0 spiro atoms. The molecule has 1 N–H and O–H groups in total. The standard InChI is InChI=1S/C17H19NO3/c19-16(13-6-2-4-10-3-1-5-12(10)13)18-11-7-8-15(18)14(9-11)17(20)21/h2,4,6,11,14-15H,1,3,5,7-9H2,(H,20,21). The van der Waals surface area contributed by atoms with Crippen LogP contribution in [-0.4, -0.2) is 34.0 Å². The van der Waals surface area contributed by atoms with Gasteiger partial charge >= 0.3 is 5.97 Å². The van der Waals surface area contributed by atoms with Crippen molar-refractivity contribution in [2.45, 2.75) is 50.6 Å².